The summed E-state index contributed by atoms with van der Waals surface area (Å²) in [6.45, 7) is 5.61. The third-order valence-corrected chi connectivity index (χ3v) is 1.02. The summed E-state index contributed by atoms with van der Waals surface area (Å²) in [5.74, 6) is 0.574. The van der Waals surface area contributed by atoms with Crippen LogP contribution in [0.3, 0.4) is 0 Å². The molecule has 0 radical (unpaired) electrons. The van der Waals surface area contributed by atoms with Gasteiger partial charge in [-0.05, 0) is 0 Å². The Morgan fingerprint density at radius 3 is 2.25 bits per heavy atom. The maximum Gasteiger partial charge on any atom is 2.00 e. The van der Waals surface area contributed by atoms with Crippen LogP contribution < -0.4 is 17.0 Å². The van der Waals surface area contributed by atoms with Crippen LogP contribution in [0.1, 0.15) is 6.42 Å². The molecule has 1 rings (SSSR count). The summed E-state index contributed by atoms with van der Waals surface area (Å²) in [6.07, 6.45) is 1.15. The van der Waals surface area contributed by atoms with Crippen molar-refractivity contribution < 1.29 is 21.7 Å². The van der Waals surface area contributed by atoms with E-state index < -0.39 is 0 Å². The molecule has 0 amide bonds. The summed E-state index contributed by atoms with van der Waals surface area (Å²) in [4.78, 5) is 0. The fraction of sp³-hybridized carbons (Fsp3) is 0.800. The maximum atomic E-state index is 4.99. The summed E-state index contributed by atoms with van der Waals surface area (Å²) in [5.41, 5.74) is 0. The van der Waals surface area contributed by atoms with Crippen molar-refractivity contribution in [3.05, 3.63) is 6.92 Å². The molecule has 1 saturated heterocycles. The first-order chi connectivity index (χ1) is 2.89. The van der Waals surface area contributed by atoms with Crippen molar-refractivity contribution in [2.75, 3.05) is 13.2 Å². The number of hydrogen-bond acceptors (Lipinski definition) is 1. The first-order valence-electron chi connectivity index (χ1n) is 2.30. The molecular weight excluding hydrogens is 180 g/mol. The second-order valence-electron chi connectivity index (χ2n) is 1.73. The molecule has 1 atom stereocenters. The smallest absolute Gasteiger partial charge is 1.00 e. The molecule has 1 aliphatic heterocycles. The van der Waals surface area contributed by atoms with Gasteiger partial charge >= 0.3 is 23.1 Å². The van der Waals surface area contributed by atoms with Gasteiger partial charge in [0.15, 0.2) is 0 Å². The van der Waals surface area contributed by atoms with Gasteiger partial charge in [0, 0.05) is 13.2 Å². The zero-order valence-electron chi connectivity index (χ0n) is 4.90. The minimum atomic E-state index is 0. The number of halogens is 1. The molecule has 0 aromatic carbocycles. The Hall–Kier alpha value is 1.21. The predicted molar refractivity (Wildman–Crippen MR) is 30.0 cm³/mol. The van der Waals surface area contributed by atoms with E-state index in [0.29, 0.717) is 5.92 Å². The largest absolute Gasteiger partial charge is 2.00 e. The molecule has 1 aliphatic rings. The van der Waals surface area contributed by atoms with Crippen molar-refractivity contribution >= 4 is 23.1 Å². The van der Waals surface area contributed by atoms with Gasteiger partial charge in [0.2, 0.25) is 0 Å². The van der Waals surface area contributed by atoms with Gasteiger partial charge in [0.05, 0.1) is 0 Å². The summed E-state index contributed by atoms with van der Waals surface area (Å²) in [5, 5.41) is 0. The Bertz CT molecular complexity index is 45.7. The maximum absolute atomic E-state index is 4.99. The summed E-state index contributed by atoms with van der Waals surface area (Å²) >= 11 is 0. The molecule has 44 valence electrons. The van der Waals surface area contributed by atoms with E-state index >= 15 is 0 Å². The molecule has 3 heteroatoms. The van der Waals surface area contributed by atoms with E-state index in [-0.39, 0.29) is 40.0 Å². The Morgan fingerprint density at radius 1 is 1.50 bits per heavy atom. The third-order valence-electron chi connectivity index (χ3n) is 1.02. The topological polar surface area (TPSA) is 9.23 Å². The summed E-state index contributed by atoms with van der Waals surface area (Å²) in [6, 6.07) is 0. The molecule has 1 unspecified atom stereocenters. The van der Waals surface area contributed by atoms with E-state index in [0.717, 1.165) is 19.6 Å². The van der Waals surface area contributed by atoms with Crippen LogP contribution in [0.2, 0.25) is 0 Å². The molecule has 0 saturated carbocycles. The average molecular weight is 189 g/mol. The fourth-order valence-electron chi connectivity index (χ4n) is 0.583. The van der Waals surface area contributed by atoms with Crippen molar-refractivity contribution in [2.45, 2.75) is 6.42 Å². The van der Waals surface area contributed by atoms with Gasteiger partial charge < -0.3 is 28.6 Å². The van der Waals surface area contributed by atoms with Crippen LogP contribution in [0, 0.1) is 12.8 Å². The van der Waals surface area contributed by atoms with Crippen molar-refractivity contribution in [1.29, 1.82) is 0 Å². The molecule has 0 aromatic rings. The normalized spacial score (nSPS) is 25.9. The van der Waals surface area contributed by atoms with E-state index in [1.54, 1.807) is 0 Å². The molecule has 1 fully saturated rings. The van der Waals surface area contributed by atoms with E-state index in [1.807, 2.05) is 0 Å². The van der Waals surface area contributed by atoms with Crippen molar-refractivity contribution in [2.24, 2.45) is 5.92 Å². The zero-order valence-corrected chi connectivity index (χ0v) is 7.90. The van der Waals surface area contributed by atoms with Crippen LogP contribution in [0.25, 0.3) is 0 Å². The SMILES string of the molecule is [Br-].[CH2-]C1CCOC1.[Mg+2]. The second-order valence-corrected chi connectivity index (χ2v) is 1.73. The Labute approximate surface area is 77.1 Å². The van der Waals surface area contributed by atoms with Crippen LogP contribution in [0.15, 0.2) is 0 Å². The van der Waals surface area contributed by atoms with Crippen LogP contribution in [-0.2, 0) is 4.74 Å². The van der Waals surface area contributed by atoms with Crippen LogP contribution in [0.5, 0.6) is 0 Å². The van der Waals surface area contributed by atoms with Crippen molar-refractivity contribution in [3.63, 3.8) is 0 Å². The molecule has 0 aliphatic carbocycles. The van der Waals surface area contributed by atoms with E-state index in [9.17, 15) is 0 Å². The van der Waals surface area contributed by atoms with Gasteiger partial charge in [-0.25, -0.2) is 0 Å². The molecule has 0 N–H and O–H groups in total. The molecule has 1 nitrogen and oxygen atoms in total. The molecule has 0 spiro atoms. The van der Waals surface area contributed by atoms with Gasteiger partial charge in [0.25, 0.3) is 0 Å². The molecule has 0 bridgehead atoms. The predicted octanol–water partition coefficient (Wildman–Crippen LogP) is -2.52. The van der Waals surface area contributed by atoms with Crippen molar-refractivity contribution in [1.82, 2.24) is 0 Å². The van der Waals surface area contributed by atoms with Crippen molar-refractivity contribution in [3.8, 4) is 0 Å². The monoisotopic (exact) mass is 188 g/mol. The summed E-state index contributed by atoms with van der Waals surface area (Å²) < 4.78 is 4.99. The van der Waals surface area contributed by atoms with Gasteiger partial charge in [-0.1, -0.05) is 6.42 Å². The first kappa shape index (κ1) is 11.9. The number of hydrogen-bond donors (Lipinski definition) is 0. The van der Waals surface area contributed by atoms with Gasteiger partial charge in [-0.2, -0.15) is 0 Å². The minimum absolute atomic E-state index is 0. The van der Waals surface area contributed by atoms with Crippen LogP contribution in [0.4, 0.5) is 0 Å². The Kier molecular flexibility index (Phi) is 9.44. The number of rotatable bonds is 0. The first-order valence-corrected chi connectivity index (χ1v) is 2.30. The second kappa shape index (κ2) is 6.33. The van der Waals surface area contributed by atoms with Gasteiger partial charge in [0.1, 0.15) is 0 Å². The summed E-state index contributed by atoms with van der Waals surface area (Å²) in [7, 11) is 0. The van der Waals surface area contributed by atoms with Crippen LogP contribution >= 0.6 is 0 Å². The average Bonchev–Trinajstić information content (AvgIpc) is 1.86. The van der Waals surface area contributed by atoms with Crippen LogP contribution in [-0.4, -0.2) is 36.3 Å². The Morgan fingerprint density at radius 2 is 2.12 bits per heavy atom. The molecule has 0 aromatic heterocycles. The molecule has 8 heavy (non-hydrogen) atoms. The van der Waals surface area contributed by atoms with Gasteiger partial charge in [-0.3, -0.25) is 0 Å². The van der Waals surface area contributed by atoms with E-state index in [4.69, 9.17) is 4.74 Å². The van der Waals surface area contributed by atoms with E-state index in [2.05, 4.69) is 6.92 Å². The van der Waals surface area contributed by atoms with E-state index in [1.165, 1.54) is 0 Å². The quantitative estimate of drug-likeness (QED) is 0.302. The third kappa shape index (κ3) is 4.12. The standard InChI is InChI=1S/C5H9O.BrH.Mg/c1-5-2-3-6-4-5;;/h5H,1-4H2;1H;/q-1;;+2/p-1. The van der Waals surface area contributed by atoms with Gasteiger partial charge in [-0.15, -0.1) is 5.92 Å². The minimum Gasteiger partial charge on any atom is -1.00 e. The number of ether oxygens (including phenoxy) is 1. The zero-order chi connectivity index (χ0) is 4.41. The molecular formula is C5H9BrMgO. The Balaban J connectivity index is 0. The fourth-order valence-corrected chi connectivity index (χ4v) is 0.583. The molecule has 1 heterocycles.